The summed E-state index contributed by atoms with van der Waals surface area (Å²) in [6.45, 7) is 0. The average molecular weight is 247 g/mol. The molecule has 4 nitrogen and oxygen atoms in total. The molecule has 0 saturated heterocycles. The summed E-state index contributed by atoms with van der Waals surface area (Å²) >= 11 is 0. The van der Waals surface area contributed by atoms with E-state index < -0.39 is 0 Å². The maximum atomic E-state index is 12.3. The Balaban J connectivity index is 2.12. The fourth-order valence-corrected chi connectivity index (χ4v) is 2.00. The summed E-state index contributed by atoms with van der Waals surface area (Å²) < 4.78 is 1.54. The van der Waals surface area contributed by atoms with Gasteiger partial charge in [0.2, 0.25) is 0 Å². The highest BCUT2D eigenvalue weighted by Gasteiger charge is 2.12. The zero-order chi connectivity index (χ0) is 13.2. The molecule has 0 N–H and O–H groups in total. The molecule has 0 saturated carbocycles. The van der Waals surface area contributed by atoms with Gasteiger partial charge in [-0.1, -0.05) is 6.07 Å². The largest absolute Gasteiger partial charge is 0.282 e. The molecule has 0 amide bonds. The summed E-state index contributed by atoms with van der Waals surface area (Å²) in [4.78, 5) is 16.4. The van der Waals surface area contributed by atoms with Gasteiger partial charge in [0.25, 0.3) is 5.91 Å². The first-order valence-electron chi connectivity index (χ1n) is 5.76. The van der Waals surface area contributed by atoms with E-state index in [-0.39, 0.29) is 5.91 Å². The number of aromatic nitrogens is 2. The quantitative estimate of drug-likeness (QED) is 0.664. The van der Waals surface area contributed by atoms with Gasteiger partial charge in [-0.15, -0.1) is 0 Å². The van der Waals surface area contributed by atoms with Crippen molar-refractivity contribution in [3.63, 3.8) is 0 Å². The minimum atomic E-state index is -0.180. The maximum absolute atomic E-state index is 12.3. The molecule has 0 aliphatic carbocycles. The first-order valence-corrected chi connectivity index (χ1v) is 5.76. The van der Waals surface area contributed by atoms with Gasteiger partial charge >= 0.3 is 0 Å². The van der Waals surface area contributed by atoms with Crippen LogP contribution in [0.25, 0.3) is 10.9 Å². The fourth-order valence-electron chi connectivity index (χ4n) is 2.00. The van der Waals surface area contributed by atoms with Gasteiger partial charge in [0.15, 0.2) is 0 Å². The Hall–Kier alpha value is -2.93. The third-order valence-electron chi connectivity index (χ3n) is 2.92. The summed E-state index contributed by atoms with van der Waals surface area (Å²) in [5.74, 6) is -0.180. The number of nitrogens with zero attached hydrogens (tertiary/aromatic N) is 3. The smallest absolute Gasteiger partial charge is 0.280 e. The van der Waals surface area contributed by atoms with Crippen LogP contribution >= 0.6 is 0 Å². The van der Waals surface area contributed by atoms with E-state index in [0.29, 0.717) is 11.3 Å². The second kappa shape index (κ2) is 4.39. The van der Waals surface area contributed by atoms with Crippen molar-refractivity contribution in [1.29, 1.82) is 5.26 Å². The van der Waals surface area contributed by atoms with E-state index in [1.807, 2.05) is 6.07 Å². The molecule has 1 aromatic carbocycles. The molecular weight excluding hydrogens is 238 g/mol. The summed E-state index contributed by atoms with van der Waals surface area (Å²) in [7, 11) is 0. The van der Waals surface area contributed by atoms with Crippen LogP contribution in [-0.2, 0) is 0 Å². The Morgan fingerprint density at radius 2 is 2.11 bits per heavy atom. The van der Waals surface area contributed by atoms with Gasteiger partial charge < -0.3 is 0 Å². The van der Waals surface area contributed by atoms with Crippen LogP contribution in [0.3, 0.4) is 0 Å². The summed E-state index contributed by atoms with van der Waals surface area (Å²) in [6, 6.07) is 14.4. The van der Waals surface area contributed by atoms with Gasteiger partial charge in [-0.25, -0.2) is 0 Å². The monoisotopic (exact) mass is 247 g/mol. The van der Waals surface area contributed by atoms with Crippen molar-refractivity contribution in [1.82, 2.24) is 9.55 Å². The molecule has 4 heteroatoms. The summed E-state index contributed by atoms with van der Waals surface area (Å²) in [6.07, 6.45) is 3.29. The topological polar surface area (TPSA) is 58.7 Å². The number of nitriles is 1. The molecular formula is C15H9N3O. The van der Waals surface area contributed by atoms with Crippen molar-refractivity contribution < 1.29 is 4.79 Å². The molecule has 0 spiro atoms. The highest BCUT2D eigenvalue weighted by Crippen LogP contribution is 2.18. The molecule has 0 bridgehead atoms. The van der Waals surface area contributed by atoms with Gasteiger partial charge in [0.1, 0.15) is 5.69 Å². The van der Waals surface area contributed by atoms with Crippen molar-refractivity contribution in [2.24, 2.45) is 0 Å². The standard InChI is InChI=1S/C15H9N3O/c16-10-11-4-5-14-12(9-11)6-8-18(14)15(19)13-3-1-2-7-17-13/h1-9H. The number of carbonyl (C=O) groups is 1. The number of hydrogen-bond donors (Lipinski definition) is 0. The number of rotatable bonds is 1. The Morgan fingerprint density at radius 3 is 2.84 bits per heavy atom. The van der Waals surface area contributed by atoms with Crippen LogP contribution in [0.4, 0.5) is 0 Å². The first kappa shape index (κ1) is 11.2. The Bertz CT molecular complexity index is 797. The number of benzene rings is 1. The van der Waals surface area contributed by atoms with Gasteiger partial charge in [-0.05, 0) is 36.4 Å². The van der Waals surface area contributed by atoms with Crippen LogP contribution in [0, 0.1) is 11.3 Å². The number of carbonyl (C=O) groups excluding carboxylic acids is 1. The van der Waals surface area contributed by atoms with Gasteiger partial charge in [-0.3, -0.25) is 14.3 Å². The second-order valence-electron chi connectivity index (χ2n) is 4.09. The van der Waals surface area contributed by atoms with Crippen molar-refractivity contribution in [2.45, 2.75) is 0 Å². The molecule has 0 atom stereocenters. The van der Waals surface area contributed by atoms with Crippen LogP contribution in [-0.4, -0.2) is 15.5 Å². The molecule has 0 unspecified atom stereocenters. The Labute approximate surface area is 109 Å². The molecule has 0 radical (unpaired) electrons. The minimum absolute atomic E-state index is 0.180. The lowest BCUT2D eigenvalue weighted by Gasteiger charge is -2.03. The predicted molar refractivity (Wildman–Crippen MR) is 70.6 cm³/mol. The molecule has 0 aliphatic heterocycles. The van der Waals surface area contributed by atoms with Crippen LogP contribution in [0.1, 0.15) is 16.1 Å². The first-order chi connectivity index (χ1) is 9.29. The van der Waals surface area contributed by atoms with Crippen molar-refractivity contribution >= 4 is 16.8 Å². The van der Waals surface area contributed by atoms with Crippen LogP contribution < -0.4 is 0 Å². The van der Waals surface area contributed by atoms with Crippen LogP contribution in [0.2, 0.25) is 0 Å². The van der Waals surface area contributed by atoms with E-state index >= 15 is 0 Å². The fraction of sp³-hybridized carbons (Fsp3) is 0. The second-order valence-corrected chi connectivity index (χ2v) is 4.09. The zero-order valence-corrected chi connectivity index (χ0v) is 9.95. The predicted octanol–water partition coefficient (Wildman–Crippen LogP) is 2.60. The number of fused-ring (bicyclic) bond motifs is 1. The summed E-state index contributed by atoms with van der Waals surface area (Å²) in [5, 5.41) is 9.72. The Kier molecular flexibility index (Phi) is 2.58. The third kappa shape index (κ3) is 1.87. The molecule has 3 aromatic rings. The third-order valence-corrected chi connectivity index (χ3v) is 2.92. The van der Waals surface area contributed by atoms with Gasteiger partial charge in [-0.2, -0.15) is 5.26 Å². The maximum Gasteiger partial charge on any atom is 0.280 e. The SMILES string of the molecule is N#Cc1ccc2c(ccn2C(=O)c2ccccn2)c1. The van der Waals surface area contributed by atoms with Crippen molar-refractivity contribution in [3.05, 3.63) is 66.1 Å². The van der Waals surface area contributed by atoms with Gasteiger partial charge in [0.05, 0.1) is 17.1 Å². The Morgan fingerprint density at radius 1 is 1.21 bits per heavy atom. The lowest BCUT2D eigenvalue weighted by atomic mass is 10.2. The lowest BCUT2D eigenvalue weighted by Crippen LogP contribution is -2.12. The normalized spacial score (nSPS) is 10.3. The van der Waals surface area contributed by atoms with E-state index in [1.54, 1.807) is 53.4 Å². The molecule has 2 aromatic heterocycles. The van der Waals surface area contributed by atoms with Crippen molar-refractivity contribution in [2.75, 3.05) is 0 Å². The van der Waals surface area contributed by atoms with E-state index in [1.165, 1.54) is 0 Å². The van der Waals surface area contributed by atoms with Crippen LogP contribution in [0.15, 0.2) is 54.9 Å². The highest BCUT2D eigenvalue weighted by molar-refractivity contribution is 6.01. The molecule has 90 valence electrons. The van der Waals surface area contributed by atoms with Crippen LogP contribution in [0.5, 0.6) is 0 Å². The van der Waals surface area contributed by atoms with Gasteiger partial charge in [0, 0.05) is 17.8 Å². The molecule has 0 aliphatic rings. The van der Waals surface area contributed by atoms with Crippen molar-refractivity contribution in [3.8, 4) is 6.07 Å². The number of hydrogen-bond acceptors (Lipinski definition) is 3. The molecule has 2 heterocycles. The molecule has 3 rings (SSSR count). The molecule has 19 heavy (non-hydrogen) atoms. The van der Waals surface area contributed by atoms with E-state index in [9.17, 15) is 4.79 Å². The van der Waals surface area contributed by atoms with E-state index in [0.717, 1.165) is 10.9 Å². The summed E-state index contributed by atoms with van der Waals surface area (Å²) in [5.41, 5.74) is 1.74. The van der Waals surface area contributed by atoms with E-state index in [2.05, 4.69) is 11.1 Å². The molecule has 0 fully saturated rings. The average Bonchev–Trinajstić information content (AvgIpc) is 2.90. The highest BCUT2D eigenvalue weighted by atomic mass is 16.2. The van der Waals surface area contributed by atoms with E-state index in [4.69, 9.17) is 5.26 Å². The zero-order valence-electron chi connectivity index (χ0n) is 9.95. The lowest BCUT2D eigenvalue weighted by molar-refractivity contribution is 0.0960. The number of pyridine rings is 1. The minimum Gasteiger partial charge on any atom is -0.282 e.